The smallest absolute Gasteiger partial charge is 0.404 e. The molecular formula is C22H16Cl3FN2O4S. The number of benzene rings is 2. The van der Waals surface area contributed by atoms with E-state index in [1.54, 1.807) is 39.3 Å². The molecule has 0 aliphatic carbocycles. The van der Waals surface area contributed by atoms with Gasteiger partial charge in [-0.05, 0) is 32.0 Å². The lowest BCUT2D eigenvalue weighted by atomic mass is 10.1. The minimum absolute atomic E-state index is 0.0912. The highest BCUT2D eigenvalue weighted by Crippen LogP contribution is 2.41. The van der Waals surface area contributed by atoms with Crippen molar-refractivity contribution >= 4 is 72.7 Å². The summed E-state index contributed by atoms with van der Waals surface area (Å²) >= 11 is 19.2. The van der Waals surface area contributed by atoms with Gasteiger partial charge in [0.2, 0.25) is 0 Å². The lowest BCUT2D eigenvalue weighted by Crippen LogP contribution is -2.29. The number of carbonyl (C=O) groups excluding carboxylic acids is 1. The van der Waals surface area contributed by atoms with Gasteiger partial charge in [-0.3, -0.25) is 4.98 Å². The van der Waals surface area contributed by atoms with Gasteiger partial charge in [-0.2, -0.15) is 0 Å². The van der Waals surface area contributed by atoms with E-state index in [1.807, 2.05) is 6.07 Å². The molecule has 0 aliphatic rings. The Morgan fingerprint density at radius 3 is 2.58 bits per heavy atom. The molecule has 6 nitrogen and oxygen atoms in total. The summed E-state index contributed by atoms with van der Waals surface area (Å²) in [5.74, 6) is -0.266. The Bertz CT molecular complexity index is 1380. The van der Waals surface area contributed by atoms with Crippen molar-refractivity contribution in [2.45, 2.75) is 26.1 Å². The van der Waals surface area contributed by atoms with Crippen molar-refractivity contribution in [3.05, 3.63) is 46.3 Å². The molecule has 2 heterocycles. The molecule has 0 aliphatic heterocycles. The average molecular weight is 530 g/mol. The molecule has 0 saturated carbocycles. The molecule has 33 heavy (non-hydrogen) atoms. The van der Waals surface area contributed by atoms with Crippen LogP contribution in [-0.4, -0.2) is 34.7 Å². The van der Waals surface area contributed by atoms with Crippen molar-refractivity contribution in [3.8, 4) is 22.1 Å². The van der Waals surface area contributed by atoms with Gasteiger partial charge in [0.05, 0.1) is 23.5 Å². The van der Waals surface area contributed by atoms with Gasteiger partial charge in [-0.1, -0.05) is 23.2 Å². The average Bonchev–Trinajstić information content (AvgIpc) is 3.19. The number of methoxy groups -OCH3 is 1. The van der Waals surface area contributed by atoms with E-state index in [9.17, 15) is 9.18 Å². The summed E-state index contributed by atoms with van der Waals surface area (Å²) in [5.41, 5.74) is 0.656. The predicted molar refractivity (Wildman–Crippen MR) is 129 cm³/mol. The highest BCUT2D eigenvalue weighted by molar-refractivity contribution is 7.21. The van der Waals surface area contributed by atoms with Crippen LogP contribution in [0.15, 0.2) is 30.5 Å². The third kappa shape index (κ3) is 4.80. The molecule has 2 aromatic heterocycles. The van der Waals surface area contributed by atoms with Crippen molar-refractivity contribution in [2.75, 3.05) is 7.11 Å². The minimum atomic E-state index is -0.973. The summed E-state index contributed by atoms with van der Waals surface area (Å²) in [7, 11) is 1.55. The Morgan fingerprint density at radius 2 is 1.88 bits per heavy atom. The number of ether oxygens (including phenoxy) is 3. The van der Waals surface area contributed by atoms with Crippen molar-refractivity contribution in [1.82, 2.24) is 9.97 Å². The van der Waals surface area contributed by atoms with E-state index in [1.165, 1.54) is 17.4 Å². The number of nitrogens with zero attached hydrogens (tertiary/aromatic N) is 2. The molecule has 0 saturated heterocycles. The van der Waals surface area contributed by atoms with Crippen molar-refractivity contribution in [3.63, 3.8) is 0 Å². The number of halogens is 4. The number of hydrogen-bond donors (Lipinski definition) is 0. The SMILES string of the molecule is COc1cnc2c(-c3nc4c(Cl)c(F)c(OC(C)C(C)OC(=O)Cl)cc4s3)cc(Cl)cc2c1. The Labute approximate surface area is 207 Å². The molecule has 0 radical (unpaired) electrons. The number of carbonyl (C=O) groups is 1. The quantitative estimate of drug-likeness (QED) is 0.241. The largest absolute Gasteiger partial charge is 0.495 e. The minimum Gasteiger partial charge on any atom is -0.495 e. The van der Waals surface area contributed by atoms with E-state index in [2.05, 4.69) is 9.97 Å². The number of fused-ring (bicyclic) bond motifs is 2. The molecular weight excluding hydrogens is 514 g/mol. The standard InChI is InChI=1S/C22H16Cl3FN2O4S/c1-9(10(2)32-22(25)29)31-15-7-16-20(17(24)18(15)26)28-21(33-16)14-6-12(23)4-11-5-13(30-3)8-27-19(11)14/h4-10H,1-3H3. The van der Waals surface area contributed by atoms with Crippen LogP contribution in [0.25, 0.3) is 31.7 Å². The predicted octanol–water partition coefficient (Wildman–Crippen LogP) is 7.50. The zero-order valence-corrected chi connectivity index (χ0v) is 20.6. The molecule has 0 fully saturated rings. The molecule has 11 heteroatoms. The molecule has 4 rings (SSSR count). The van der Waals surface area contributed by atoms with E-state index >= 15 is 0 Å². The Kier molecular flexibility index (Phi) is 6.81. The third-order valence-electron chi connectivity index (χ3n) is 4.97. The second-order valence-electron chi connectivity index (χ2n) is 7.15. The molecule has 4 aromatic rings. The summed E-state index contributed by atoms with van der Waals surface area (Å²) in [4.78, 5) is 20.0. The van der Waals surface area contributed by atoms with Crippen LogP contribution in [0.2, 0.25) is 10.0 Å². The molecule has 2 unspecified atom stereocenters. The lowest BCUT2D eigenvalue weighted by Gasteiger charge is -2.21. The van der Waals surface area contributed by atoms with Crippen LogP contribution in [0.5, 0.6) is 11.5 Å². The zero-order valence-electron chi connectivity index (χ0n) is 17.5. The highest BCUT2D eigenvalue weighted by Gasteiger charge is 2.23. The van der Waals surface area contributed by atoms with Crippen molar-refractivity contribution in [2.24, 2.45) is 0 Å². The fraction of sp³-hybridized carbons (Fsp3) is 0.227. The summed E-state index contributed by atoms with van der Waals surface area (Å²) in [5, 5.41) is 1.64. The molecule has 0 amide bonds. The second kappa shape index (κ2) is 9.46. The summed E-state index contributed by atoms with van der Waals surface area (Å²) in [6.07, 6.45) is 0.211. The Hall–Kier alpha value is -2.39. The topological polar surface area (TPSA) is 70.5 Å². The van der Waals surface area contributed by atoms with E-state index < -0.39 is 23.5 Å². The maximum absolute atomic E-state index is 15.0. The fourth-order valence-electron chi connectivity index (χ4n) is 3.19. The number of aromatic nitrogens is 2. The van der Waals surface area contributed by atoms with Gasteiger partial charge in [-0.25, -0.2) is 14.2 Å². The van der Waals surface area contributed by atoms with Gasteiger partial charge in [0.15, 0.2) is 11.6 Å². The summed E-state index contributed by atoms with van der Waals surface area (Å²) < 4.78 is 31.3. The molecule has 2 atom stereocenters. The van der Waals surface area contributed by atoms with Crippen LogP contribution in [0.1, 0.15) is 13.8 Å². The number of rotatable bonds is 6. The third-order valence-corrected chi connectivity index (χ3v) is 6.66. The monoisotopic (exact) mass is 528 g/mol. The number of thiazole rings is 1. The first-order valence-corrected chi connectivity index (χ1v) is 11.6. The first kappa shape index (κ1) is 23.8. The van der Waals surface area contributed by atoms with E-state index in [4.69, 9.17) is 49.0 Å². The van der Waals surface area contributed by atoms with Crippen LogP contribution >= 0.6 is 46.1 Å². The first-order valence-electron chi connectivity index (χ1n) is 9.63. The Balaban J connectivity index is 1.78. The summed E-state index contributed by atoms with van der Waals surface area (Å²) in [6, 6.07) is 6.84. The fourth-order valence-corrected chi connectivity index (χ4v) is 4.87. The van der Waals surface area contributed by atoms with E-state index in [-0.39, 0.29) is 16.3 Å². The second-order valence-corrected chi connectivity index (χ2v) is 9.31. The van der Waals surface area contributed by atoms with Crippen LogP contribution in [0.3, 0.4) is 0 Å². The highest BCUT2D eigenvalue weighted by atomic mass is 35.5. The maximum Gasteiger partial charge on any atom is 0.404 e. The number of pyridine rings is 1. The van der Waals surface area contributed by atoms with Gasteiger partial charge < -0.3 is 14.2 Å². The molecule has 2 aromatic carbocycles. The van der Waals surface area contributed by atoms with E-state index in [0.717, 1.165) is 5.39 Å². The van der Waals surface area contributed by atoms with Gasteiger partial charge in [-0.15, -0.1) is 11.3 Å². The Morgan fingerprint density at radius 1 is 1.12 bits per heavy atom. The molecule has 0 bridgehead atoms. The van der Waals surface area contributed by atoms with E-state index in [0.29, 0.717) is 31.6 Å². The molecule has 172 valence electrons. The van der Waals surface area contributed by atoms with Crippen molar-refractivity contribution in [1.29, 1.82) is 0 Å². The zero-order chi connectivity index (χ0) is 23.9. The molecule has 0 spiro atoms. The summed E-state index contributed by atoms with van der Waals surface area (Å²) in [6.45, 7) is 3.21. The van der Waals surface area contributed by atoms with Crippen LogP contribution in [0, 0.1) is 5.82 Å². The van der Waals surface area contributed by atoms with Gasteiger partial charge in [0.1, 0.15) is 33.5 Å². The van der Waals surface area contributed by atoms with Gasteiger partial charge in [0, 0.05) is 33.6 Å². The maximum atomic E-state index is 15.0. The normalized spacial score (nSPS) is 13.2. The van der Waals surface area contributed by atoms with Crippen LogP contribution in [-0.2, 0) is 4.74 Å². The van der Waals surface area contributed by atoms with Crippen LogP contribution < -0.4 is 9.47 Å². The van der Waals surface area contributed by atoms with Gasteiger partial charge in [0.25, 0.3) is 0 Å². The van der Waals surface area contributed by atoms with Crippen LogP contribution in [0.4, 0.5) is 9.18 Å². The number of hydrogen-bond acceptors (Lipinski definition) is 7. The van der Waals surface area contributed by atoms with Gasteiger partial charge >= 0.3 is 5.43 Å². The first-order chi connectivity index (χ1) is 15.7. The lowest BCUT2D eigenvalue weighted by molar-refractivity contribution is 0.0457. The van der Waals surface area contributed by atoms with Crippen molar-refractivity contribution < 1.29 is 23.4 Å². The molecule has 0 N–H and O–H groups in total.